The maximum atomic E-state index is 10.7. The number of fused-ring (bicyclic) bond motifs is 2. The highest BCUT2D eigenvalue weighted by atomic mass is 16.6. The minimum absolute atomic E-state index is 0.130. The van der Waals surface area contributed by atoms with Gasteiger partial charge in [-0.1, -0.05) is 60.7 Å². The minimum atomic E-state index is -0.367. The van der Waals surface area contributed by atoms with E-state index in [9.17, 15) is 10.1 Å². The Bertz CT molecular complexity index is 1620. The standard InChI is InChI=1S/C15H12N2O2.C15H14N2/c18-17(19)14-6-7-15-13(10-14)8-9-16(15)11-12-4-2-1-3-5-12;16-14-6-7-15-13(10-14)8-9-17(15)11-12-4-2-1-3-5-12/h1-10H,11H2;1-10H,11,16H2. The number of anilines is 1. The topological polar surface area (TPSA) is 79.0 Å². The van der Waals surface area contributed by atoms with Gasteiger partial charge in [-0.3, -0.25) is 10.1 Å². The molecule has 0 atom stereocenters. The van der Waals surface area contributed by atoms with Crippen molar-refractivity contribution in [2.75, 3.05) is 5.73 Å². The molecular formula is C30H26N4O2. The molecule has 0 aliphatic rings. The molecule has 178 valence electrons. The molecule has 0 aliphatic carbocycles. The first-order valence-electron chi connectivity index (χ1n) is 11.7. The van der Waals surface area contributed by atoms with Crippen molar-refractivity contribution in [2.24, 2.45) is 0 Å². The third-order valence-corrected chi connectivity index (χ3v) is 6.15. The van der Waals surface area contributed by atoms with Gasteiger partial charge in [-0.15, -0.1) is 0 Å². The van der Waals surface area contributed by atoms with Gasteiger partial charge in [0.1, 0.15) is 0 Å². The molecule has 0 saturated heterocycles. The van der Waals surface area contributed by atoms with E-state index >= 15 is 0 Å². The summed E-state index contributed by atoms with van der Waals surface area (Å²) in [4.78, 5) is 10.4. The number of non-ortho nitro benzene ring substituents is 1. The lowest BCUT2D eigenvalue weighted by Crippen LogP contribution is -1.97. The lowest BCUT2D eigenvalue weighted by molar-refractivity contribution is -0.384. The number of nitrogen functional groups attached to an aromatic ring is 1. The number of benzene rings is 4. The maximum Gasteiger partial charge on any atom is 0.270 e. The van der Waals surface area contributed by atoms with Gasteiger partial charge in [0.25, 0.3) is 5.69 Å². The average molecular weight is 475 g/mol. The number of nitrogens with zero attached hydrogens (tertiary/aromatic N) is 3. The van der Waals surface area contributed by atoms with Crippen molar-refractivity contribution in [3.63, 3.8) is 0 Å². The molecule has 0 radical (unpaired) electrons. The lowest BCUT2D eigenvalue weighted by Gasteiger charge is -2.05. The van der Waals surface area contributed by atoms with Crippen LogP contribution in [0.4, 0.5) is 11.4 Å². The fraction of sp³-hybridized carbons (Fsp3) is 0.0667. The van der Waals surface area contributed by atoms with Crippen LogP contribution in [0.15, 0.2) is 122 Å². The van der Waals surface area contributed by atoms with Crippen LogP contribution < -0.4 is 5.73 Å². The van der Waals surface area contributed by atoms with Gasteiger partial charge in [0, 0.05) is 65.1 Å². The van der Waals surface area contributed by atoms with Crippen LogP contribution in [-0.4, -0.2) is 14.1 Å². The molecule has 0 amide bonds. The monoisotopic (exact) mass is 474 g/mol. The van der Waals surface area contributed by atoms with Crippen molar-refractivity contribution in [1.82, 2.24) is 9.13 Å². The molecule has 6 heteroatoms. The third kappa shape index (κ3) is 5.13. The first kappa shape index (κ1) is 22.9. The van der Waals surface area contributed by atoms with Crippen molar-refractivity contribution in [1.29, 1.82) is 0 Å². The summed E-state index contributed by atoms with van der Waals surface area (Å²) in [6.45, 7) is 1.66. The van der Waals surface area contributed by atoms with Crippen LogP contribution in [0.25, 0.3) is 21.8 Å². The van der Waals surface area contributed by atoms with Gasteiger partial charge >= 0.3 is 0 Å². The van der Waals surface area contributed by atoms with Gasteiger partial charge in [-0.05, 0) is 47.5 Å². The van der Waals surface area contributed by atoms with E-state index < -0.39 is 0 Å². The van der Waals surface area contributed by atoms with Crippen LogP contribution in [0, 0.1) is 10.1 Å². The van der Waals surface area contributed by atoms with Crippen molar-refractivity contribution in [3.8, 4) is 0 Å². The second-order valence-electron chi connectivity index (χ2n) is 8.68. The average Bonchev–Trinajstić information content (AvgIpc) is 3.49. The second-order valence-corrected chi connectivity index (χ2v) is 8.68. The highest BCUT2D eigenvalue weighted by Gasteiger charge is 2.08. The molecule has 0 aliphatic heterocycles. The van der Waals surface area contributed by atoms with Crippen LogP contribution in [0.1, 0.15) is 11.1 Å². The highest BCUT2D eigenvalue weighted by Crippen LogP contribution is 2.23. The zero-order valence-corrected chi connectivity index (χ0v) is 19.7. The molecule has 0 spiro atoms. The molecule has 0 unspecified atom stereocenters. The number of nitrogens with two attached hydrogens (primary N) is 1. The van der Waals surface area contributed by atoms with Gasteiger partial charge in [0.05, 0.1) is 4.92 Å². The van der Waals surface area contributed by atoms with E-state index in [-0.39, 0.29) is 10.6 Å². The molecule has 0 fully saturated rings. The van der Waals surface area contributed by atoms with E-state index in [1.165, 1.54) is 22.0 Å². The Labute approximate surface area is 209 Å². The number of rotatable bonds is 5. The predicted octanol–water partition coefficient (Wildman–Crippen LogP) is 6.87. The molecule has 4 aromatic carbocycles. The summed E-state index contributed by atoms with van der Waals surface area (Å²) in [6, 6.07) is 35.6. The summed E-state index contributed by atoms with van der Waals surface area (Å²) in [5.74, 6) is 0. The fourth-order valence-electron chi connectivity index (χ4n) is 4.36. The SMILES string of the molecule is Nc1ccc2c(ccn2Cc2ccccc2)c1.O=[N+]([O-])c1ccc2c(ccn2Cc2ccccc2)c1. The number of hydrogen-bond donors (Lipinski definition) is 1. The van der Waals surface area contributed by atoms with E-state index in [0.29, 0.717) is 0 Å². The fourth-order valence-corrected chi connectivity index (χ4v) is 4.36. The van der Waals surface area contributed by atoms with Crippen molar-refractivity contribution in [2.45, 2.75) is 13.1 Å². The molecule has 6 aromatic rings. The van der Waals surface area contributed by atoms with Crippen LogP contribution >= 0.6 is 0 Å². The van der Waals surface area contributed by atoms with Crippen LogP contribution in [0.5, 0.6) is 0 Å². The normalized spacial score (nSPS) is 10.8. The van der Waals surface area contributed by atoms with E-state index in [1.54, 1.807) is 18.2 Å². The third-order valence-electron chi connectivity index (χ3n) is 6.15. The number of hydrogen-bond acceptors (Lipinski definition) is 3. The second kappa shape index (κ2) is 10.2. The largest absolute Gasteiger partial charge is 0.399 e. The van der Waals surface area contributed by atoms with Crippen LogP contribution in [0.2, 0.25) is 0 Å². The Morgan fingerprint density at radius 2 is 1.14 bits per heavy atom. The maximum absolute atomic E-state index is 10.7. The molecule has 2 aromatic heterocycles. The van der Waals surface area contributed by atoms with Crippen molar-refractivity contribution in [3.05, 3.63) is 143 Å². The minimum Gasteiger partial charge on any atom is -0.399 e. The summed E-state index contributed by atoms with van der Waals surface area (Å²) in [6.07, 6.45) is 4.07. The van der Waals surface area contributed by atoms with Gasteiger partial charge in [0.15, 0.2) is 0 Å². The van der Waals surface area contributed by atoms with Crippen molar-refractivity contribution < 1.29 is 4.92 Å². The van der Waals surface area contributed by atoms with E-state index in [0.717, 1.165) is 29.7 Å². The zero-order chi connectivity index (χ0) is 24.9. The number of nitro groups is 1. The van der Waals surface area contributed by atoms with Gasteiger partial charge in [0.2, 0.25) is 0 Å². The molecule has 0 saturated carbocycles. The van der Waals surface area contributed by atoms with Gasteiger partial charge in [-0.2, -0.15) is 0 Å². The van der Waals surface area contributed by atoms with E-state index in [2.05, 4.69) is 63.9 Å². The molecule has 2 heterocycles. The first-order valence-corrected chi connectivity index (χ1v) is 11.7. The lowest BCUT2D eigenvalue weighted by atomic mass is 10.2. The Balaban J connectivity index is 0.000000149. The summed E-state index contributed by atoms with van der Waals surface area (Å²) in [5.41, 5.74) is 11.5. The van der Waals surface area contributed by atoms with E-state index in [4.69, 9.17) is 5.73 Å². The smallest absolute Gasteiger partial charge is 0.270 e. The summed E-state index contributed by atoms with van der Waals surface area (Å²) >= 11 is 0. The van der Waals surface area contributed by atoms with Crippen LogP contribution in [0.3, 0.4) is 0 Å². The van der Waals surface area contributed by atoms with Crippen LogP contribution in [-0.2, 0) is 13.1 Å². The zero-order valence-electron chi connectivity index (χ0n) is 19.7. The molecule has 6 rings (SSSR count). The van der Waals surface area contributed by atoms with Gasteiger partial charge < -0.3 is 14.9 Å². The number of aromatic nitrogens is 2. The molecule has 0 bridgehead atoms. The molecule has 2 N–H and O–H groups in total. The quantitative estimate of drug-likeness (QED) is 0.168. The summed E-state index contributed by atoms with van der Waals surface area (Å²) < 4.78 is 4.33. The van der Waals surface area contributed by atoms with E-state index in [1.807, 2.05) is 48.7 Å². The predicted molar refractivity (Wildman–Crippen MR) is 146 cm³/mol. The Hall–Kier alpha value is -4.84. The number of nitro benzene ring substituents is 1. The Morgan fingerprint density at radius 3 is 1.67 bits per heavy atom. The van der Waals surface area contributed by atoms with Crippen molar-refractivity contribution >= 4 is 33.2 Å². The Morgan fingerprint density at radius 1 is 0.639 bits per heavy atom. The Kier molecular flexibility index (Phi) is 6.49. The molecular weight excluding hydrogens is 448 g/mol. The summed E-state index contributed by atoms with van der Waals surface area (Å²) in [5, 5.41) is 12.8. The first-order chi connectivity index (χ1) is 17.6. The van der Waals surface area contributed by atoms with Gasteiger partial charge in [-0.25, -0.2) is 0 Å². The molecule has 6 nitrogen and oxygen atoms in total. The molecule has 36 heavy (non-hydrogen) atoms. The highest BCUT2D eigenvalue weighted by molar-refractivity contribution is 5.83. The summed E-state index contributed by atoms with van der Waals surface area (Å²) in [7, 11) is 0.